The summed E-state index contributed by atoms with van der Waals surface area (Å²) in [4.78, 5) is 18.3. The fourth-order valence-electron chi connectivity index (χ4n) is 3.66. The average Bonchev–Trinajstić information content (AvgIpc) is 3.25. The molecule has 0 spiro atoms. The topological polar surface area (TPSA) is 84.3 Å². The van der Waals surface area contributed by atoms with Crippen molar-refractivity contribution in [1.82, 2.24) is 9.55 Å². The summed E-state index contributed by atoms with van der Waals surface area (Å²) in [7, 11) is -1.89. The van der Waals surface area contributed by atoms with Gasteiger partial charge in [0.05, 0.1) is 16.3 Å². The molecule has 0 bridgehead atoms. The highest BCUT2D eigenvalue weighted by Gasteiger charge is 2.36. The van der Waals surface area contributed by atoms with Crippen LogP contribution in [0.25, 0.3) is 10.8 Å². The van der Waals surface area contributed by atoms with Gasteiger partial charge in [-0.25, -0.2) is 13.4 Å². The van der Waals surface area contributed by atoms with E-state index in [0.717, 1.165) is 15.4 Å². The highest BCUT2D eigenvalue weighted by atomic mass is 32.2. The number of aryl methyl sites for hydroxylation is 1. The molecule has 2 heterocycles. The van der Waals surface area contributed by atoms with Crippen LogP contribution in [0.1, 0.15) is 0 Å². The normalized spacial score (nSPS) is 14.2. The van der Waals surface area contributed by atoms with Crippen LogP contribution in [0.3, 0.4) is 0 Å². The Balaban J connectivity index is 1.41. The van der Waals surface area contributed by atoms with Crippen LogP contribution >= 0.6 is 11.8 Å². The average molecular weight is 451 g/mol. The van der Waals surface area contributed by atoms with Crippen LogP contribution in [-0.2, 0) is 21.9 Å². The van der Waals surface area contributed by atoms with E-state index < -0.39 is 15.9 Å². The number of imidazole rings is 1. The fourth-order valence-corrected chi connectivity index (χ4v) is 6.21. The Labute approximate surface area is 183 Å². The van der Waals surface area contributed by atoms with Gasteiger partial charge in [0, 0.05) is 29.7 Å². The first-order valence-corrected chi connectivity index (χ1v) is 11.8. The summed E-state index contributed by atoms with van der Waals surface area (Å²) in [5, 5.41) is 5.13. The molecule has 1 aliphatic rings. The smallest absolute Gasteiger partial charge is 0.265 e. The molecule has 1 aromatic heterocycles. The van der Waals surface area contributed by atoms with Gasteiger partial charge in [0.25, 0.3) is 10.0 Å². The first-order chi connectivity index (χ1) is 14.9. The van der Waals surface area contributed by atoms with Gasteiger partial charge in [0.1, 0.15) is 6.54 Å². The van der Waals surface area contributed by atoms with E-state index >= 15 is 0 Å². The quantitative estimate of drug-likeness (QED) is 0.499. The Bertz CT molecular complexity index is 1420. The monoisotopic (exact) mass is 450 g/mol. The lowest BCUT2D eigenvalue weighted by atomic mass is 10.1. The molecular formula is C22H18N4O3S2. The van der Waals surface area contributed by atoms with E-state index in [1.807, 2.05) is 48.1 Å². The summed E-state index contributed by atoms with van der Waals surface area (Å²) < 4.78 is 29.3. The van der Waals surface area contributed by atoms with Crippen molar-refractivity contribution >= 4 is 49.8 Å². The largest absolute Gasteiger partial charge is 0.329 e. The predicted molar refractivity (Wildman–Crippen MR) is 121 cm³/mol. The molecule has 1 amide bonds. The summed E-state index contributed by atoms with van der Waals surface area (Å²) in [6.45, 7) is -0.308. The fraction of sp³-hybridized carbons (Fsp3) is 0.0909. The van der Waals surface area contributed by atoms with Crippen LogP contribution in [0, 0.1) is 0 Å². The number of para-hydroxylation sites is 1. The van der Waals surface area contributed by atoms with Crippen LogP contribution < -0.4 is 9.62 Å². The lowest BCUT2D eigenvalue weighted by molar-refractivity contribution is -0.114. The maximum absolute atomic E-state index is 13.1. The van der Waals surface area contributed by atoms with Crippen LogP contribution in [0.4, 0.5) is 11.4 Å². The number of carbonyl (C=O) groups is 1. The third kappa shape index (κ3) is 3.35. The minimum absolute atomic E-state index is 0.235. The molecule has 9 heteroatoms. The number of carbonyl (C=O) groups excluding carboxylic acids is 1. The van der Waals surface area contributed by atoms with Crippen LogP contribution in [0.5, 0.6) is 0 Å². The second-order valence-corrected chi connectivity index (χ2v) is 9.95. The van der Waals surface area contributed by atoms with Crippen LogP contribution in [-0.4, -0.2) is 30.4 Å². The number of rotatable bonds is 5. The van der Waals surface area contributed by atoms with E-state index in [1.165, 1.54) is 16.1 Å². The number of benzene rings is 3. The van der Waals surface area contributed by atoms with Crippen molar-refractivity contribution in [2.75, 3.05) is 16.2 Å². The Kier molecular flexibility index (Phi) is 4.71. The summed E-state index contributed by atoms with van der Waals surface area (Å²) in [5.41, 5.74) is 1.13. The third-order valence-electron chi connectivity index (χ3n) is 5.11. The van der Waals surface area contributed by atoms with Crippen molar-refractivity contribution in [1.29, 1.82) is 0 Å². The first kappa shape index (κ1) is 19.7. The highest BCUT2D eigenvalue weighted by molar-refractivity contribution is 7.99. The molecule has 4 aromatic rings. The summed E-state index contributed by atoms with van der Waals surface area (Å²) in [6.07, 6.45) is 3.56. The molecule has 0 saturated carbocycles. The van der Waals surface area contributed by atoms with E-state index in [0.29, 0.717) is 16.8 Å². The second kappa shape index (κ2) is 7.44. The van der Waals surface area contributed by atoms with Crippen molar-refractivity contribution < 1.29 is 13.2 Å². The molecule has 156 valence electrons. The summed E-state index contributed by atoms with van der Waals surface area (Å²) in [5.74, 6) is -0.415. The number of sulfonamides is 1. The molecule has 3 aromatic carbocycles. The Morgan fingerprint density at radius 1 is 1.06 bits per heavy atom. The van der Waals surface area contributed by atoms with Crippen molar-refractivity contribution in [3.05, 3.63) is 73.1 Å². The van der Waals surface area contributed by atoms with Gasteiger partial charge < -0.3 is 9.88 Å². The molecule has 5 rings (SSSR count). The molecule has 0 fully saturated rings. The molecule has 7 nitrogen and oxygen atoms in total. The van der Waals surface area contributed by atoms with Crippen molar-refractivity contribution in [2.45, 2.75) is 14.9 Å². The van der Waals surface area contributed by atoms with Gasteiger partial charge in [-0.2, -0.15) is 0 Å². The molecule has 0 aliphatic carbocycles. The van der Waals surface area contributed by atoms with Crippen molar-refractivity contribution in [3.63, 3.8) is 0 Å². The van der Waals surface area contributed by atoms with Gasteiger partial charge >= 0.3 is 0 Å². The zero-order valence-electron chi connectivity index (χ0n) is 16.5. The molecule has 1 aliphatic heterocycles. The third-order valence-corrected chi connectivity index (χ3v) is 8.06. The van der Waals surface area contributed by atoms with E-state index in [2.05, 4.69) is 10.3 Å². The number of amides is 1. The first-order valence-electron chi connectivity index (χ1n) is 9.54. The number of hydrogen-bond acceptors (Lipinski definition) is 5. The zero-order valence-corrected chi connectivity index (χ0v) is 18.2. The molecule has 0 unspecified atom stereocenters. The molecule has 0 saturated heterocycles. The SMILES string of the molecule is Cn1ccnc1Sc1ccccc1NC(=O)CN1c2cccc3cccc(c23)S1(=O)=O. The van der Waals surface area contributed by atoms with Gasteiger partial charge in [-0.05, 0) is 41.4 Å². The number of aromatic nitrogens is 2. The molecule has 0 atom stereocenters. The number of nitrogens with one attached hydrogen (secondary N) is 1. The minimum atomic E-state index is -3.79. The second-order valence-electron chi connectivity index (χ2n) is 7.11. The van der Waals surface area contributed by atoms with Gasteiger partial charge in [-0.3, -0.25) is 9.10 Å². The maximum Gasteiger partial charge on any atom is 0.265 e. The zero-order chi connectivity index (χ0) is 21.6. The van der Waals surface area contributed by atoms with Crippen molar-refractivity contribution in [2.24, 2.45) is 7.05 Å². The molecule has 1 N–H and O–H groups in total. The van der Waals surface area contributed by atoms with E-state index in [4.69, 9.17) is 0 Å². The summed E-state index contributed by atoms with van der Waals surface area (Å²) >= 11 is 1.42. The predicted octanol–water partition coefficient (Wildman–Crippen LogP) is 3.87. The lowest BCUT2D eigenvalue weighted by Gasteiger charge is -2.19. The highest BCUT2D eigenvalue weighted by Crippen LogP contribution is 2.42. The molecular weight excluding hydrogens is 432 g/mol. The molecule has 0 radical (unpaired) electrons. The lowest BCUT2D eigenvalue weighted by Crippen LogP contribution is -2.35. The van der Waals surface area contributed by atoms with Crippen molar-refractivity contribution in [3.8, 4) is 0 Å². The number of hydrogen-bond donors (Lipinski definition) is 1. The Hall–Kier alpha value is -3.30. The van der Waals surface area contributed by atoms with E-state index in [1.54, 1.807) is 36.5 Å². The van der Waals surface area contributed by atoms with E-state index in [9.17, 15) is 13.2 Å². The van der Waals surface area contributed by atoms with Crippen LogP contribution in [0.15, 0.2) is 88.0 Å². The molecule has 31 heavy (non-hydrogen) atoms. The minimum Gasteiger partial charge on any atom is -0.329 e. The van der Waals surface area contributed by atoms with Gasteiger partial charge in [0.15, 0.2) is 5.16 Å². The van der Waals surface area contributed by atoms with Gasteiger partial charge in [-0.15, -0.1) is 0 Å². The summed E-state index contributed by atoms with van der Waals surface area (Å²) in [6, 6.07) is 17.9. The van der Waals surface area contributed by atoms with Gasteiger partial charge in [0.2, 0.25) is 5.91 Å². The Morgan fingerprint density at radius 2 is 1.84 bits per heavy atom. The Morgan fingerprint density at radius 3 is 2.61 bits per heavy atom. The van der Waals surface area contributed by atoms with E-state index in [-0.39, 0.29) is 11.4 Å². The standard InChI is InChI=1S/C22H18N4O3S2/c1-25-13-12-23-22(25)30-18-10-3-2-8-16(18)24-20(27)14-26-17-9-4-6-15-7-5-11-19(21(15)17)31(26,28)29/h2-13H,14H2,1H3,(H,24,27). The number of nitrogens with zero attached hydrogens (tertiary/aromatic N) is 3. The number of anilines is 2. The maximum atomic E-state index is 13.1. The van der Waals surface area contributed by atoms with Crippen LogP contribution in [0.2, 0.25) is 0 Å². The van der Waals surface area contributed by atoms with Gasteiger partial charge in [-0.1, -0.05) is 36.4 Å².